The van der Waals surface area contributed by atoms with E-state index in [2.05, 4.69) is 70.9 Å². The van der Waals surface area contributed by atoms with Crippen LogP contribution in [-0.2, 0) is 7.05 Å². The second-order valence-electron chi connectivity index (χ2n) is 7.20. The van der Waals surface area contributed by atoms with Gasteiger partial charge in [-0.25, -0.2) is 15.0 Å². The van der Waals surface area contributed by atoms with Gasteiger partial charge in [-0.1, -0.05) is 28.1 Å². The van der Waals surface area contributed by atoms with E-state index in [-0.39, 0.29) is 12.4 Å². The molecule has 0 bridgehead atoms. The fourth-order valence-corrected chi connectivity index (χ4v) is 4.40. The van der Waals surface area contributed by atoms with Crippen molar-refractivity contribution in [2.75, 3.05) is 18.0 Å². The number of H-pyrrole nitrogens is 1. The number of imidazole rings is 1. The number of hydrogen-bond donors (Lipinski definition) is 1. The van der Waals surface area contributed by atoms with Crippen molar-refractivity contribution in [1.29, 1.82) is 0 Å². The van der Waals surface area contributed by atoms with Crippen molar-refractivity contribution in [3.8, 4) is 11.3 Å². The van der Waals surface area contributed by atoms with Crippen LogP contribution in [0, 0.1) is 0 Å². The number of nitrogens with zero attached hydrogens (tertiary/aromatic N) is 6. The van der Waals surface area contributed by atoms with Crippen LogP contribution in [-0.4, -0.2) is 42.8 Å². The molecule has 9 heteroatoms. The molecule has 1 aliphatic rings. The molecule has 0 amide bonds. The van der Waals surface area contributed by atoms with Crippen molar-refractivity contribution in [2.45, 2.75) is 18.8 Å². The Labute approximate surface area is 183 Å². The average Bonchev–Trinajstić information content (AvgIpc) is 3.34. The van der Waals surface area contributed by atoms with Gasteiger partial charge in [0, 0.05) is 42.3 Å². The first kappa shape index (κ1) is 19.8. The summed E-state index contributed by atoms with van der Waals surface area (Å²) in [5.74, 6) is 2.57. The summed E-state index contributed by atoms with van der Waals surface area (Å²) in [4.78, 5) is 16.0. The van der Waals surface area contributed by atoms with E-state index in [1.165, 1.54) is 0 Å². The van der Waals surface area contributed by atoms with E-state index in [1.807, 2.05) is 12.1 Å². The minimum absolute atomic E-state index is 0. The minimum atomic E-state index is 0. The van der Waals surface area contributed by atoms with Crippen LogP contribution in [0.3, 0.4) is 0 Å². The lowest BCUT2D eigenvalue weighted by Crippen LogP contribution is -2.34. The van der Waals surface area contributed by atoms with E-state index in [0.29, 0.717) is 5.92 Å². The van der Waals surface area contributed by atoms with Gasteiger partial charge in [-0.05, 0) is 25.0 Å². The molecule has 3 aromatic heterocycles. The second kappa shape index (κ2) is 8.12. The zero-order valence-electron chi connectivity index (χ0n) is 15.9. The standard InChI is InChI=1S/C20H20BrN7.ClH/c1-27-11-17(14-3-2-4-15(21)9-14)25-19(27)13-5-7-28(8-6-13)20-16-10-24-26-18(16)22-12-23-20;/h2-4,9-13H,5-8H2,1H3,(H,22,23,24,26);1H. The highest BCUT2D eigenvalue weighted by atomic mass is 79.9. The maximum atomic E-state index is 4.97. The van der Waals surface area contributed by atoms with E-state index in [0.717, 1.165) is 64.3 Å². The molecule has 0 atom stereocenters. The van der Waals surface area contributed by atoms with E-state index in [9.17, 15) is 0 Å². The number of piperidine rings is 1. The number of hydrogen-bond acceptors (Lipinski definition) is 5. The number of anilines is 1. The number of fused-ring (bicyclic) bond motifs is 1. The molecule has 1 aliphatic heterocycles. The summed E-state index contributed by atoms with van der Waals surface area (Å²) in [6, 6.07) is 8.29. The molecule has 4 aromatic rings. The van der Waals surface area contributed by atoms with Gasteiger partial charge in [0.15, 0.2) is 5.65 Å². The highest BCUT2D eigenvalue weighted by molar-refractivity contribution is 9.10. The predicted octanol–water partition coefficient (Wildman–Crippen LogP) is 4.32. The van der Waals surface area contributed by atoms with Crippen LogP contribution >= 0.6 is 28.3 Å². The van der Waals surface area contributed by atoms with Gasteiger partial charge in [0.25, 0.3) is 0 Å². The van der Waals surface area contributed by atoms with E-state index in [1.54, 1.807) is 12.5 Å². The summed E-state index contributed by atoms with van der Waals surface area (Å²) < 4.78 is 3.25. The van der Waals surface area contributed by atoms with Crippen LogP contribution in [0.5, 0.6) is 0 Å². The number of nitrogens with one attached hydrogen (secondary N) is 1. The molecule has 1 aromatic carbocycles. The predicted molar refractivity (Wildman–Crippen MR) is 119 cm³/mol. The van der Waals surface area contributed by atoms with Gasteiger partial charge in [0.2, 0.25) is 0 Å². The lowest BCUT2D eigenvalue weighted by molar-refractivity contribution is 0.474. The van der Waals surface area contributed by atoms with Crippen LogP contribution in [0.25, 0.3) is 22.3 Å². The smallest absolute Gasteiger partial charge is 0.160 e. The molecule has 1 N–H and O–H groups in total. The average molecular weight is 475 g/mol. The molecule has 0 radical (unpaired) electrons. The summed E-state index contributed by atoms with van der Waals surface area (Å²) >= 11 is 3.55. The van der Waals surface area contributed by atoms with Crippen LogP contribution in [0.1, 0.15) is 24.6 Å². The third kappa shape index (κ3) is 3.74. The van der Waals surface area contributed by atoms with Crippen molar-refractivity contribution in [3.63, 3.8) is 0 Å². The summed E-state index contributed by atoms with van der Waals surface area (Å²) in [6.07, 6.45) is 7.63. The Morgan fingerprint density at radius 3 is 2.79 bits per heavy atom. The van der Waals surface area contributed by atoms with Gasteiger partial charge < -0.3 is 9.47 Å². The fourth-order valence-electron chi connectivity index (χ4n) is 4.00. The maximum absolute atomic E-state index is 4.97. The Kier molecular flexibility index (Phi) is 5.56. The molecule has 4 heterocycles. The Hall–Kier alpha value is -2.45. The number of aromatic nitrogens is 6. The van der Waals surface area contributed by atoms with E-state index < -0.39 is 0 Å². The molecule has 0 aliphatic carbocycles. The first-order valence-corrected chi connectivity index (χ1v) is 10.2. The van der Waals surface area contributed by atoms with Gasteiger partial charge in [-0.3, -0.25) is 5.10 Å². The first-order valence-electron chi connectivity index (χ1n) is 9.37. The number of halogens is 2. The summed E-state index contributed by atoms with van der Waals surface area (Å²) in [7, 11) is 2.09. The zero-order chi connectivity index (χ0) is 19.1. The molecular weight excluding hydrogens is 454 g/mol. The van der Waals surface area contributed by atoms with Gasteiger partial charge in [0.05, 0.1) is 17.3 Å². The number of aryl methyl sites for hydroxylation is 1. The lowest BCUT2D eigenvalue weighted by Gasteiger charge is -2.32. The summed E-state index contributed by atoms with van der Waals surface area (Å²) in [5, 5.41) is 8.00. The molecule has 0 unspecified atom stereocenters. The fraction of sp³-hybridized carbons (Fsp3) is 0.300. The van der Waals surface area contributed by atoms with Crippen molar-refractivity contribution in [2.24, 2.45) is 7.05 Å². The topological polar surface area (TPSA) is 75.5 Å². The largest absolute Gasteiger partial charge is 0.356 e. The summed E-state index contributed by atoms with van der Waals surface area (Å²) in [6.45, 7) is 1.89. The SMILES string of the molecule is Cl.Cn1cc(-c2cccc(Br)c2)nc1C1CCN(c2ncnc3[nH]ncc23)CC1. The quantitative estimate of drug-likeness (QED) is 0.478. The van der Waals surface area contributed by atoms with Crippen LogP contribution in [0.4, 0.5) is 5.82 Å². The molecule has 150 valence electrons. The molecule has 0 spiro atoms. The minimum Gasteiger partial charge on any atom is -0.356 e. The van der Waals surface area contributed by atoms with Crippen molar-refractivity contribution < 1.29 is 0 Å². The summed E-state index contributed by atoms with van der Waals surface area (Å²) in [5.41, 5.74) is 2.95. The molecule has 29 heavy (non-hydrogen) atoms. The number of rotatable bonds is 3. The molecule has 0 saturated carbocycles. The Morgan fingerprint density at radius 1 is 1.17 bits per heavy atom. The van der Waals surface area contributed by atoms with E-state index >= 15 is 0 Å². The Morgan fingerprint density at radius 2 is 2.00 bits per heavy atom. The zero-order valence-corrected chi connectivity index (χ0v) is 18.3. The van der Waals surface area contributed by atoms with Crippen molar-refractivity contribution in [1.82, 2.24) is 29.7 Å². The van der Waals surface area contributed by atoms with Crippen LogP contribution < -0.4 is 4.90 Å². The Balaban J connectivity index is 0.00000205. The van der Waals surface area contributed by atoms with Gasteiger partial charge in [-0.15, -0.1) is 12.4 Å². The third-order valence-electron chi connectivity index (χ3n) is 5.42. The molecule has 1 saturated heterocycles. The monoisotopic (exact) mass is 473 g/mol. The lowest BCUT2D eigenvalue weighted by atomic mass is 9.96. The van der Waals surface area contributed by atoms with E-state index in [4.69, 9.17) is 4.98 Å². The van der Waals surface area contributed by atoms with Gasteiger partial charge in [0.1, 0.15) is 18.0 Å². The number of aromatic amines is 1. The second-order valence-corrected chi connectivity index (χ2v) is 8.11. The highest BCUT2D eigenvalue weighted by Crippen LogP contribution is 2.32. The third-order valence-corrected chi connectivity index (χ3v) is 5.91. The maximum Gasteiger partial charge on any atom is 0.160 e. The molecule has 1 fully saturated rings. The van der Waals surface area contributed by atoms with Crippen molar-refractivity contribution >= 4 is 45.2 Å². The number of benzene rings is 1. The molecule has 5 rings (SSSR count). The van der Waals surface area contributed by atoms with Gasteiger partial charge >= 0.3 is 0 Å². The normalized spacial score (nSPS) is 14.9. The Bertz CT molecular complexity index is 1130. The van der Waals surface area contributed by atoms with Crippen molar-refractivity contribution in [3.05, 3.63) is 53.3 Å². The van der Waals surface area contributed by atoms with Crippen LogP contribution in [0.15, 0.2) is 47.5 Å². The molecular formula is C20H21BrClN7. The molecule has 7 nitrogen and oxygen atoms in total. The first-order chi connectivity index (χ1) is 13.7. The highest BCUT2D eigenvalue weighted by Gasteiger charge is 2.26. The van der Waals surface area contributed by atoms with Gasteiger partial charge in [-0.2, -0.15) is 5.10 Å². The van der Waals surface area contributed by atoms with Crippen LogP contribution in [0.2, 0.25) is 0 Å².